The van der Waals surface area contributed by atoms with E-state index >= 15 is 0 Å². The van der Waals surface area contributed by atoms with Crippen molar-refractivity contribution < 1.29 is 32.2 Å². The number of benzene rings is 3. The average molecular weight is 569 g/mol. The lowest BCUT2D eigenvalue weighted by Gasteiger charge is -2.25. The van der Waals surface area contributed by atoms with E-state index in [1.54, 1.807) is 48.5 Å². The molecule has 0 radical (unpaired) electrons. The molecule has 212 valence electrons. The molecule has 12 heteroatoms. The fraction of sp³-hybridized carbons (Fsp3) is 0.250. The number of carbonyl (C=O) groups excluding carboxylic acids is 2. The van der Waals surface area contributed by atoms with E-state index < -0.39 is 22.5 Å². The van der Waals surface area contributed by atoms with Crippen molar-refractivity contribution in [2.24, 2.45) is 5.10 Å². The third-order valence-corrected chi connectivity index (χ3v) is 7.17. The third-order valence-electron chi connectivity index (χ3n) is 5.39. The first-order chi connectivity index (χ1) is 19.1. The molecule has 2 N–H and O–H groups in total. The van der Waals surface area contributed by atoms with Gasteiger partial charge in [0.25, 0.3) is 21.8 Å². The van der Waals surface area contributed by atoms with E-state index in [0.29, 0.717) is 17.1 Å². The smallest absolute Gasteiger partial charge is 0.264 e. The summed E-state index contributed by atoms with van der Waals surface area (Å²) in [5.41, 5.74) is 3.20. The van der Waals surface area contributed by atoms with Crippen molar-refractivity contribution in [1.29, 1.82) is 0 Å². The van der Waals surface area contributed by atoms with Gasteiger partial charge in [0, 0.05) is 6.04 Å². The number of nitrogens with zero attached hydrogens (tertiary/aromatic N) is 2. The summed E-state index contributed by atoms with van der Waals surface area (Å²) >= 11 is 0. The summed E-state index contributed by atoms with van der Waals surface area (Å²) in [6.45, 7) is 3.06. The number of anilines is 1. The number of hydrogen-bond acceptors (Lipinski definition) is 8. The predicted molar refractivity (Wildman–Crippen MR) is 151 cm³/mol. The van der Waals surface area contributed by atoms with E-state index in [0.717, 1.165) is 4.31 Å². The van der Waals surface area contributed by atoms with Crippen LogP contribution in [0.3, 0.4) is 0 Å². The molecular weight excluding hydrogens is 536 g/mol. The van der Waals surface area contributed by atoms with Gasteiger partial charge in [-0.3, -0.25) is 13.9 Å². The van der Waals surface area contributed by atoms with Gasteiger partial charge in [0.05, 0.1) is 31.0 Å². The van der Waals surface area contributed by atoms with Crippen LogP contribution in [0.15, 0.2) is 82.8 Å². The van der Waals surface area contributed by atoms with Gasteiger partial charge in [-0.05, 0) is 80.1 Å². The van der Waals surface area contributed by atoms with Crippen LogP contribution in [-0.4, -0.2) is 59.9 Å². The Bertz CT molecular complexity index is 1420. The summed E-state index contributed by atoms with van der Waals surface area (Å²) in [6.07, 6.45) is 1.40. The standard InChI is InChI=1S/C28H32N4O7S/c1-20(2)30-28(34)19-39-23-11-9-21(10-12-23)17-29-31-27(33)18-32(25-7-5-6-8-26(25)38-4)40(35,36)24-15-13-22(37-3)14-16-24/h5-17,20H,18-19H2,1-4H3,(H,30,34)(H,31,33)/b29-17-. The van der Waals surface area contributed by atoms with Crippen molar-refractivity contribution in [1.82, 2.24) is 10.7 Å². The number of carbonyl (C=O) groups is 2. The minimum atomic E-state index is -4.16. The van der Waals surface area contributed by atoms with Gasteiger partial charge in [-0.1, -0.05) is 12.1 Å². The molecule has 3 rings (SSSR count). The molecule has 11 nitrogen and oxygen atoms in total. The second kappa shape index (κ2) is 14.0. The molecule has 2 amide bonds. The minimum Gasteiger partial charge on any atom is -0.497 e. The van der Waals surface area contributed by atoms with Crippen LogP contribution in [0.5, 0.6) is 17.2 Å². The summed E-state index contributed by atoms with van der Waals surface area (Å²) in [6, 6.07) is 19.1. The van der Waals surface area contributed by atoms with Crippen LogP contribution in [-0.2, 0) is 19.6 Å². The molecule has 0 aliphatic carbocycles. The molecule has 0 spiro atoms. The van der Waals surface area contributed by atoms with Gasteiger partial charge in [0.1, 0.15) is 23.8 Å². The van der Waals surface area contributed by atoms with Crippen LogP contribution < -0.4 is 29.3 Å². The SMILES string of the molecule is COc1ccc(S(=O)(=O)N(CC(=O)N/N=C\c2ccc(OCC(=O)NC(C)C)cc2)c2ccccc2OC)cc1. The first-order valence-corrected chi connectivity index (χ1v) is 13.7. The Labute approximate surface area is 233 Å². The highest BCUT2D eigenvalue weighted by Crippen LogP contribution is 2.32. The van der Waals surface area contributed by atoms with E-state index in [-0.39, 0.29) is 34.9 Å². The van der Waals surface area contributed by atoms with Crippen LogP contribution in [0.2, 0.25) is 0 Å². The molecule has 40 heavy (non-hydrogen) atoms. The Morgan fingerprint density at radius 1 is 0.900 bits per heavy atom. The predicted octanol–water partition coefficient (Wildman–Crippen LogP) is 2.95. The maximum atomic E-state index is 13.6. The lowest BCUT2D eigenvalue weighted by Crippen LogP contribution is -2.39. The molecule has 0 aromatic heterocycles. The zero-order valence-corrected chi connectivity index (χ0v) is 23.5. The number of hydrazone groups is 1. The van der Waals surface area contributed by atoms with Crippen LogP contribution in [0, 0.1) is 0 Å². The Balaban J connectivity index is 1.71. The molecule has 0 bridgehead atoms. The number of methoxy groups -OCH3 is 2. The fourth-order valence-corrected chi connectivity index (χ4v) is 4.95. The van der Waals surface area contributed by atoms with E-state index in [4.69, 9.17) is 14.2 Å². The van der Waals surface area contributed by atoms with Gasteiger partial charge in [-0.15, -0.1) is 0 Å². The summed E-state index contributed by atoms with van der Waals surface area (Å²) in [5, 5.41) is 6.68. The van der Waals surface area contributed by atoms with Gasteiger partial charge < -0.3 is 19.5 Å². The maximum absolute atomic E-state index is 13.6. The number of ether oxygens (including phenoxy) is 3. The van der Waals surface area contributed by atoms with Crippen molar-refractivity contribution in [3.8, 4) is 17.2 Å². The molecule has 3 aromatic carbocycles. The summed E-state index contributed by atoms with van der Waals surface area (Å²) in [4.78, 5) is 24.5. The summed E-state index contributed by atoms with van der Waals surface area (Å²) in [5.74, 6) is 0.372. The zero-order chi connectivity index (χ0) is 29.1. The third kappa shape index (κ3) is 8.21. The molecule has 0 atom stereocenters. The maximum Gasteiger partial charge on any atom is 0.264 e. The van der Waals surface area contributed by atoms with Crippen molar-refractivity contribution in [3.63, 3.8) is 0 Å². The Kier molecular flexibility index (Phi) is 10.5. The van der Waals surface area contributed by atoms with Crippen LogP contribution >= 0.6 is 0 Å². The number of hydrogen-bond donors (Lipinski definition) is 2. The zero-order valence-electron chi connectivity index (χ0n) is 22.7. The van der Waals surface area contributed by atoms with Gasteiger partial charge in [0.15, 0.2) is 6.61 Å². The summed E-state index contributed by atoms with van der Waals surface area (Å²) in [7, 11) is -1.27. The highest BCUT2D eigenvalue weighted by molar-refractivity contribution is 7.92. The second-order valence-electron chi connectivity index (χ2n) is 8.73. The van der Waals surface area contributed by atoms with Crippen molar-refractivity contribution in [2.75, 3.05) is 31.7 Å². The van der Waals surface area contributed by atoms with Gasteiger partial charge in [-0.25, -0.2) is 13.8 Å². The van der Waals surface area contributed by atoms with Crippen LogP contribution in [0.1, 0.15) is 19.4 Å². The molecule has 3 aromatic rings. The second-order valence-corrected chi connectivity index (χ2v) is 10.6. The monoisotopic (exact) mass is 568 g/mol. The number of rotatable bonds is 13. The molecule has 0 fully saturated rings. The van der Waals surface area contributed by atoms with Crippen molar-refractivity contribution in [3.05, 3.63) is 78.4 Å². The van der Waals surface area contributed by atoms with Crippen LogP contribution in [0.25, 0.3) is 0 Å². The highest BCUT2D eigenvalue weighted by atomic mass is 32.2. The Morgan fingerprint density at radius 2 is 1.55 bits per heavy atom. The molecule has 0 aliphatic heterocycles. The molecule has 0 unspecified atom stereocenters. The first kappa shape index (κ1) is 30.0. The van der Waals surface area contributed by atoms with E-state index in [9.17, 15) is 18.0 Å². The van der Waals surface area contributed by atoms with E-state index in [1.165, 1.54) is 44.7 Å². The minimum absolute atomic E-state index is 0.0225. The lowest BCUT2D eigenvalue weighted by atomic mass is 10.2. The molecule has 0 aliphatic rings. The normalized spacial score (nSPS) is 11.2. The van der Waals surface area contributed by atoms with E-state index in [2.05, 4.69) is 15.8 Å². The Hall–Kier alpha value is -4.58. The number of sulfonamides is 1. The topological polar surface area (TPSA) is 136 Å². The van der Waals surface area contributed by atoms with Gasteiger partial charge >= 0.3 is 0 Å². The van der Waals surface area contributed by atoms with Crippen LogP contribution in [0.4, 0.5) is 5.69 Å². The van der Waals surface area contributed by atoms with Crippen molar-refractivity contribution >= 4 is 33.7 Å². The molecule has 0 heterocycles. The number of nitrogens with one attached hydrogen (secondary N) is 2. The lowest BCUT2D eigenvalue weighted by molar-refractivity contribution is -0.123. The molecule has 0 saturated heterocycles. The fourth-order valence-electron chi connectivity index (χ4n) is 3.52. The van der Waals surface area contributed by atoms with Crippen molar-refractivity contribution in [2.45, 2.75) is 24.8 Å². The van der Waals surface area contributed by atoms with Gasteiger partial charge in [0.2, 0.25) is 0 Å². The van der Waals surface area contributed by atoms with E-state index in [1.807, 2.05) is 13.8 Å². The quantitative estimate of drug-likeness (QED) is 0.239. The van der Waals surface area contributed by atoms with Gasteiger partial charge in [-0.2, -0.15) is 5.10 Å². The number of amides is 2. The highest BCUT2D eigenvalue weighted by Gasteiger charge is 2.29. The first-order valence-electron chi connectivity index (χ1n) is 12.3. The largest absolute Gasteiger partial charge is 0.497 e. The Morgan fingerprint density at radius 3 is 2.17 bits per heavy atom. The molecular formula is C28H32N4O7S. The average Bonchev–Trinajstić information content (AvgIpc) is 2.95. The summed E-state index contributed by atoms with van der Waals surface area (Å²) < 4.78 is 44.0. The number of para-hydroxylation sites is 2. The molecule has 0 saturated carbocycles.